The number of fused-ring (bicyclic) bond motifs is 1. The van der Waals surface area contributed by atoms with Gasteiger partial charge in [-0.25, -0.2) is 0 Å². The molecule has 2 N–H and O–H groups in total. The summed E-state index contributed by atoms with van der Waals surface area (Å²) in [6.45, 7) is 4.20. The highest BCUT2D eigenvalue weighted by molar-refractivity contribution is 6.36. The first-order chi connectivity index (χ1) is 14.9. The number of nitrogens with two attached hydrogens (primary N) is 1. The smallest absolute Gasteiger partial charge is 0.256 e. The summed E-state index contributed by atoms with van der Waals surface area (Å²) in [7, 11) is 0. The van der Waals surface area contributed by atoms with Crippen LogP contribution in [-0.2, 0) is 17.8 Å². The number of aromatic nitrogens is 1. The molecule has 2 aliphatic rings. The lowest BCUT2D eigenvalue weighted by Gasteiger charge is -2.33. The van der Waals surface area contributed by atoms with Gasteiger partial charge in [0, 0.05) is 59.5 Å². The third-order valence-electron chi connectivity index (χ3n) is 6.14. The third kappa shape index (κ3) is 4.29. The molecule has 164 valence electrons. The maximum Gasteiger partial charge on any atom is 0.256 e. The molecule has 0 unspecified atom stereocenters. The van der Waals surface area contributed by atoms with Crippen molar-refractivity contribution >= 4 is 35.0 Å². The van der Waals surface area contributed by atoms with Gasteiger partial charge >= 0.3 is 0 Å². The number of rotatable bonds is 4. The van der Waals surface area contributed by atoms with E-state index in [0.717, 1.165) is 49.3 Å². The third-order valence-corrected chi connectivity index (χ3v) is 6.69. The number of benzene rings is 1. The van der Waals surface area contributed by atoms with E-state index in [1.54, 1.807) is 17.0 Å². The van der Waals surface area contributed by atoms with Crippen LogP contribution in [0.4, 0.5) is 0 Å². The van der Waals surface area contributed by atoms with E-state index in [-0.39, 0.29) is 24.9 Å². The zero-order valence-electron chi connectivity index (χ0n) is 17.6. The van der Waals surface area contributed by atoms with E-state index in [4.69, 9.17) is 28.9 Å². The maximum absolute atomic E-state index is 13.6. The number of hydrogen-bond donors (Lipinski definition) is 1. The van der Waals surface area contributed by atoms with Crippen LogP contribution < -0.4 is 5.73 Å². The van der Waals surface area contributed by atoms with Gasteiger partial charge in [0.1, 0.15) is 6.54 Å². The fraction of sp³-hybridized carbons (Fsp3) is 0.435. The number of nitrogens with zero attached hydrogens (tertiary/aromatic N) is 3. The Kier molecular flexibility index (Phi) is 6.51. The minimum Gasteiger partial charge on any atom is -0.341 e. The molecule has 31 heavy (non-hydrogen) atoms. The molecule has 0 spiro atoms. The van der Waals surface area contributed by atoms with Crippen molar-refractivity contribution in [2.45, 2.75) is 39.2 Å². The summed E-state index contributed by atoms with van der Waals surface area (Å²) >= 11 is 12.6. The Labute approximate surface area is 192 Å². The number of carbonyl (C=O) groups is 2. The van der Waals surface area contributed by atoms with Crippen LogP contribution in [0.1, 0.15) is 46.6 Å². The van der Waals surface area contributed by atoms with Gasteiger partial charge in [0.25, 0.3) is 5.91 Å². The highest BCUT2D eigenvalue weighted by atomic mass is 35.5. The average molecular weight is 461 g/mol. The van der Waals surface area contributed by atoms with Crippen LogP contribution in [0, 0.1) is 6.92 Å². The number of piperidine rings is 1. The molecule has 0 saturated carbocycles. The van der Waals surface area contributed by atoms with E-state index in [1.165, 1.54) is 0 Å². The van der Waals surface area contributed by atoms with E-state index < -0.39 is 0 Å². The summed E-state index contributed by atoms with van der Waals surface area (Å²) in [6.07, 6.45) is 3.77. The Morgan fingerprint density at radius 3 is 2.55 bits per heavy atom. The first kappa shape index (κ1) is 22.1. The van der Waals surface area contributed by atoms with Crippen molar-refractivity contribution in [3.8, 4) is 11.1 Å². The van der Waals surface area contributed by atoms with Crippen LogP contribution in [0.5, 0.6) is 0 Å². The molecule has 1 saturated heterocycles. The number of pyridine rings is 1. The van der Waals surface area contributed by atoms with E-state index in [9.17, 15) is 9.59 Å². The predicted octanol–water partition coefficient (Wildman–Crippen LogP) is 3.83. The highest BCUT2D eigenvalue weighted by Crippen LogP contribution is 2.38. The van der Waals surface area contributed by atoms with Crippen molar-refractivity contribution in [3.63, 3.8) is 0 Å². The number of carbonyl (C=O) groups excluding carboxylic acids is 2. The van der Waals surface area contributed by atoms with Crippen LogP contribution in [0.3, 0.4) is 0 Å². The topological polar surface area (TPSA) is 79.5 Å². The molecule has 6 nitrogen and oxygen atoms in total. The summed E-state index contributed by atoms with van der Waals surface area (Å²) in [5.74, 6) is -0.198. The SMILES string of the molecule is Cc1nc2c(c(-c3ccc(Cl)cc3Cl)c1CN)C(=O)N(CC(=O)N1CCCCC1)CC2. The summed E-state index contributed by atoms with van der Waals surface area (Å²) in [5, 5.41) is 0.965. The Bertz CT molecular complexity index is 1030. The molecule has 0 radical (unpaired) electrons. The lowest BCUT2D eigenvalue weighted by molar-refractivity contribution is -0.132. The molecule has 1 aromatic heterocycles. The van der Waals surface area contributed by atoms with Gasteiger partial charge in [-0.2, -0.15) is 0 Å². The Morgan fingerprint density at radius 2 is 1.87 bits per heavy atom. The standard InChI is InChI=1S/C23H26Cl2N4O2/c1-14-17(12-26)21(16-6-5-15(24)11-18(16)25)22-19(27-14)7-10-29(23(22)31)13-20(30)28-8-3-2-4-9-28/h5-6,11H,2-4,7-10,12-13,26H2,1H3. The zero-order chi connectivity index (χ0) is 22.1. The van der Waals surface area contributed by atoms with Gasteiger partial charge in [-0.3, -0.25) is 14.6 Å². The molecule has 4 rings (SSSR count). The van der Waals surface area contributed by atoms with E-state index >= 15 is 0 Å². The van der Waals surface area contributed by atoms with Gasteiger partial charge < -0.3 is 15.5 Å². The molecule has 2 amide bonds. The number of likely N-dealkylation sites (tertiary alicyclic amines) is 1. The molecule has 1 fully saturated rings. The molecule has 0 aliphatic carbocycles. The van der Waals surface area contributed by atoms with Crippen LogP contribution in [0.15, 0.2) is 18.2 Å². The Hall–Kier alpha value is -2.15. The largest absolute Gasteiger partial charge is 0.341 e. The number of halogens is 2. The number of amides is 2. The molecule has 0 bridgehead atoms. The fourth-order valence-corrected chi connectivity index (χ4v) is 5.01. The number of hydrogen-bond acceptors (Lipinski definition) is 4. The molecule has 2 aromatic rings. The van der Waals surface area contributed by atoms with Gasteiger partial charge in [0.2, 0.25) is 5.91 Å². The van der Waals surface area contributed by atoms with Crippen molar-refractivity contribution in [2.75, 3.05) is 26.2 Å². The molecule has 0 atom stereocenters. The van der Waals surface area contributed by atoms with Crippen molar-refractivity contribution in [1.29, 1.82) is 0 Å². The molecular formula is C23H26Cl2N4O2. The molecule has 2 aliphatic heterocycles. The highest BCUT2D eigenvalue weighted by Gasteiger charge is 2.33. The van der Waals surface area contributed by atoms with Crippen LogP contribution in [-0.4, -0.2) is 52.8 Å². The Morgan fingerprint density at radius 1 is 1.13 bits per heavy atom. The van der Waals surface area contributed by atoms with Gasteiger partial charge in [-0.1, -0.05) is 29.3 Å². The number of aryl methyl sites for hydroxylation is 1. The normalized spacial score (nSPS) is 16.5. The second-order valence-corrected chi connectivity index (χ2v) is 8.96. The molecule has 3 heterocycles. The monoisotopic (exact) mass is 460 g/mol. The lowest BCUT2D eigenvalue weighted by atomic mass is 9.89. The summed E-state index contributed by atoms with van der Waals surface area (Å²) in [4.78, 5) is 34.6. The summed E-state index contributed by atoms with van der Waals surface area (Å²) in [6, 6.07) is 5.21. The van der Waals surface area contributed by atoms with Crippen LogP contribution in [0.2, 0.25) is 10.0 Å². The fourth-order valence-electron chi connectivity index (χ4n) is 4.51. The van der Waals surface area contributed by atoms with Gasteiger partial charge in [0.05, 0.1) is 11.3 Å². The van der Waals surface area contributed by atoms with Gasteiger partial charge in [-0.15, -0.1) is 0 Å². The molecule has 1 aromatic carbocycles. The quantitative estimate of drug-likeness (QED) is 0.751. The summed E-state index contributed by atoms with van der Waals surface area (Å²) in [5.41, 5.74) is 10.2. The second-order valence-electron chi connectivity index (χ2n) is 8.12. The zero-order valence-corrected chi connectivity index (χ0v) is 19.1. The molecular weight excluding hydrogens is 435 g/mol. The second kappa shape index (κ2) is 9.15. The van der Waals surface area contributed by atoms with Crippen molar-refractivity contribution < 1.29 is 9.59 Å². The predicted molar refractivity (Wildman–Crippen MR) is 122 cm³/mol. The molecule has 8 heteroatoms. The average Bonchev–Trinajstić information content (AvgIpc) is 2.75. The van der Waals surface area contributed by atoms with Crippen molar-refractivity contribution in [2.24, 2.45) is 5.73 Å². The first-order valence-electron chi connectivity index (χ1n) is 10.7. The van der Waals surface area contributed by atoms with Crippen LogP contribution >= 0.6 is 23.2 Å². The van der Waals surface area contributed by atoms with Crippen LogP contribution in [0.25, 0.3) is 11.1 Å². The van der Waals surface area contributed by atoms with Gasteiger partial charge in [0.15, 0.2) is 0 Å². The summed E-state index contributed by atoms with van der Waals surface area (Å²) < 4.78 is 0. The minimum absolute atomic E-state index is 0.00157. The lowest BCUT2D eigenvalue weighted by Crippen LogP contribution is -2.47. The van der Waals surface area contributed by atoms with Crippen molar-refractivity contribution in [3.05, 3.63) is 50.8 Å². The van der Waals surface area contributed by atoms with Crippen molar-refractivity contribution in [1.82, 2.24) is 14.8 Å². The maximum atomic E-state index is 13.6. The Balaban J connectivity index is 1.74. The van der Waals surface area contributed by atoms with E-state index in [0.29, 0.717) is 39.7 Å². The first-order valence-corrected chi connectivity index (χ1v) is 11.4. The van der Waals surface area contributed by atoms with E-state index in [2.05, 4.69) is 4.98 Å². The van der Waals surface area contributed by atoms with Gasteiger partial charge in [-0.05, 0) is 43.9 Å². The minimum atomic E-state index is -0.199. The van der Waals surface area contributed by atoms with E-state index in [1.807, 2.05) is 17.9 Å².